The summed E-state index contributed by atoms with van der Waals surface area (Å²) in [5.74, 6) is -0.561. The number of nitrogens with zero attached hydrogens (tertiary/aromatic N) is 1. The summed E-state index contributed by atoms with van der Waals surface area (Å²) in [5, 5.41) is 8.84. The van der Waals surface area contributed by atoms with E-state index in [9.17, 15) is 4.79 Å². The summed E-state index contributed by atoms with van der Waals surface area (Å²) in [7, 11) is 1.28. The number of rotatable bonds is 1. The van der Waals surface area contributed by atoms with Gasteiger partial charge in [-0.2, -0.15) is 0 Å². The van der Waals surface area contributed by atoms with Gasteiger partial charge >= 0.3 is 59.1 Å². The molecule has 2 N–H and O–H groups in total. The molecule has 7 heteroatoms. The number of hydrogen-bond donors (Lipinski definition) is 2. The van der Waals surface area contributed by atoms with Crippen molar-refractivity contribution in [2.75, 3.05) is 7.11 Å². The first kappa shape index (κ1) is 15.0. The summed E-state index contributed by atoms with van der Waals surface area (Å²) in [6, 6.07) is 0. The molecule has 0 radical (unpaired) electrons. The Kier molecular flexibility index (Phi) is 8.66. The van der Waals surface area contributed by atoms with E-state index in [1.54, 1.807) is 0 Å². The van der Waals surface area contributed by atoms with Crippen LogP contribution in [0.25, 0.3) is 0 Å². The normalized spacial score (nSPS) is 7.75. The van der Waals surface area contributed by atoms with Gasteiger partial charge in [0.1, 0.15) is 0 Å². The van der Waals surface area contributed by atoms with Crippen LogP contribution < -0.4 is 69.4 Å². The molecule has 0 aromatic carbocycles. The van der Waals surface area contributed by atoms with E-state index >= 15 is 0 Å². The zero-order valence-electron chi connectivity index (χ0n) is 9.29. The fraction of sp³-hybridized carbons (Fsp3) is 0.200. The molecule has 58 valence electrons. The van der Waals surface area contributed by atoms with E-state index in [4.69, 9.17) is 5.11 Å². The Hall–Kier alpha value is 0.480. The van der Waals surface area contributed by atoms with Crippen LogP contribution in [0.1, 0.15) is 2.85 Å². The molecule has 0 fully saturated rings. The van der Waals surface area contributed by atoms with Crippen molar-refractivity contribution in [3.05, 3.63) is 16.7 Å². The molecule has 0 spiro atoms. The summed E-state index contributed by atoms with van der Waals surface area (Å²) in [6.07, 6.45) is 1.10. The molecule has 12 heavy (non-hydrogen) atoms. The van der Waals surface area contributed by atoms with Gasteiger partial charge in [0.15, 0.2) is 0 Å². The maximum absolute atomic E-state index is 10.7. The van der Waals surface area contributed by atoms with Gasteiger partial charge in [-0.15, -0.1) is 0 Å². The van der Waals surface area contributed by atoms with Crippen molar-refractivity contribution in [3.63, 3.8) is 0 Å². The van der Waals surface area contributed by atoms with Crippen molar-refractivity contribution >= 4 is 0 Å². The maximum Gasteiger partial charge on any atom is 1.00 e. The molecule has 5 nitrogen and oxygen atoms in total. The molecule has 1 aromatic rings. The Labute approximate surface area is 116 Å². The average Bonchev–Trinajstić information content (AvgIpc) is 1.88. The molecule has 1 heterocycles. The van der Waals surface area contributed by atoms with E-state index < -0.39 is 11.4 Å². The smallest absolute Gasteiger partial charge is 1.00 e. The Morgan fingerprint density at radius 2 is 2.25 bits per heavy atom. The molecule has 0 bridgehead atoms. The molecule has 0 aliphatic carbocycles. The molecule has 1 rings (SSSR count). The largest absolute Gasteiger partial charge is 1.00 e. The number of aromatic hydroxyl groups is 1. The van der Waals surface area contributed by atoms with Crippen LogP contribution >= 0.6 is 0 Å². The zero-order chi connectivity index (χ0) is 7.56. The van der Waals surface area contributed by atoms with Gasteiger partial charge in [0.25, 0.3) is 11.4 Å². The standard InChI is InChI=1S/C5H6N2O3.2Na.2H/c1-10-3-4(8)6-2-7-5(3)9;;;;/h2H,1H3,(H2,6,7,8,9);;;;/q;2*+1;2*-1. The van der Waals surface area contributed by atoms with E-state index in [1.807, 2.05) is 0 Å². The van der Waals surface area contributed by atoms with Crippen LogP contribution in [-0.2, 0) is 0 Å². The third kappa shape index (κ3) is 3.47. The second-order valence-electron chi connectivity index (χ2n) is 1.59. The summed E-state index contributed by atoms with van der Waals surface area (Å²) in [6.45, 7) is 0. The summed E-state index contributed by atoms with van der Waals surface area (Å²) in [5.41, 5.74) is -0.491. The molecular weight excluding hydrogens is 182 g/mol. The molecule has 0 saturated heterocycles. The first-order valence-electron chi connectivity index (χ1n) is 2.56. The Bertz CT molecular complexity index is 297. The predicted octanol–water partition coefficient (Wildman–Crippen LogP) is -6.28. The molecule has 0 amide bonds. The third-order valence-electron chi connectivity index (χ3n) is 0.996. The van der Waals surface area contributed by atoms with Gasteiger partial charge in [-0.3, -0.25) is 4.79 Å². The van der Waals surface area contributed by atoms with Crippen molar-refractivity contribution in [1.82, 2.24) is 9.97 Å². The number of aromatic nitrogens is 2. The minimum absolute atomic E-state index is 0. The Morgan fingerprint density at radius 3 is 2.58 bits per heavy atom. The van der Waals surface area contributed by atoms with E-state index in [1.165, 1.54) is 7.11 Å². The number of aromatic amines is 1. The third-order valence-corrected chi connectivity index (χ3v) is 0.996. The van der Waals surface area contributed by atoms with Gasteiger partial charge in [-0.05, 0) is 0 Å². The minimum atomic E-state index is -0.491. The van der Waals surface area contributed by atoms with Crippen LogP contribution in [-0.4, -0.2) is 22.2 Å². The van der Waals surface area contributed by atoms with Crippen LogP contribution in [0, 0.1) is 0 Å². The topological polar surface area (TPSA) is 75.2 Å². The van der Waals surface area contributed by atoms with Crippen molar-refractivity contribution < 1.29 is 71.8 Å². The number of nitrogens with one attached hydrogen (secondary N) is 1. The summed E-state index contributed by atoms with van der Waals surface area (Å²) in [4.78, 5) is 16.3. The molecule has 0 aliphatic heterocycles. The molecule has 0 atom stereocenters. The molecular formula is C5H8N2Na2O3. The van der Waals surface area contributed by atoms with Crippen LogP contribution in [0.2, 0.25) is 0 Å². The second kappa shape index (κ2) is 6.94. The summed E-state index contributed by atoms with van der Waals surface area (Å²) >= 11 is 0. The number of methoxy groups -OCH3 is 1. The van der Waals surface area contributed by atoms with Crippen LogP contribution in [0.4, 0.5) is 0 Å². The first-order valence-corrected chi connectivity index (χ1v) is 2.56. The molecule has 0 saturated carbocycles. The van der Waals surface area contributed by atoms with Gasteiger partial charge in [-0.1, -0.05) is 0 Å². The Balaban J connectivity index is -0.000000125. The van der Waals surface area contributed by atoms with Gasteiger partial charge in [0.2, 0.25) is 5.75 Å². The zero-order valence-corrected chi connectivity index (χ0v) is 11.3. The van der Waals surface area contributed by atoms with Gasteiger partial charge in [0.05, 0.1) is 13.4 Å². The SMILES string of the molecule is COc1c(O)nc[nH]c1=O.[H-].[H-].[Na+].[Na+]. The van der Waals surface area contributed by atoms with Gasteiger partial charge in [-0.25, -0.2) is 4.98 Å². The van der Waals surface area contributed by atoms with Crippen LogP contribution in [0.3, 0.4) is 0 Å². The number of H-pyrrole nitrogens is 1. The molecule has 0 unspecified atom stereocenters. The number of ether oxygens (including phenoxy) is 1. The van der Waals surface area contributed by atoms with E-state index in [0.29, 0.717) is 0 Å². The number of hydrogen-bond acceptors (Lipinski definition) is 4. The van der Waals surface area contributed by atoms with Crippen molar-refractivity contribution in [2.45, 2.75) is 0 Å². The molecule has 0 aliphatic rings. The average molecular weight is 190 g/mol. The van der Waals surface area contributed by atoms with Crippen molar-refractivity contribution in [1.29, 1.82) is 0 Å². The molecule has 1 aromatic heterocycles. The fourth-order valence-electron chi connectivity index (χ4n) is 0.562. The second-order valence-corrected chi connectivity index (χ2v) is 1.59. The van der Waals surface area contributed by atoms with E-state index in [0.717, 1.165) is 6.33 Å². The van der Waals surface area contributed by atoms with Crippen molar-refractivity contribution in [2.24, 2.45) is 0 Å². The minimum Gasteiger partial charge on any atom is -1.00 e. The van der Waals surface area contributed by atoms with Gasteiger partial charge in [0, 0.05) is 0 Å². The predicted molar refractivity (Wildman–Crippen MR) is 35.3 cm³/mol. The quantitative estimate of drug-likeness (QED) is 0.432. The first-order chi connectivity index (χ1) is 4.75. The summed E-state index contributed by atoms with van der Waals surface area (Å²) < 4.78 is 4.52. The van der Waals surface area contributed by atoms with E-state index in [-0.39, 0.29) is 67.7 Å². The van der Waals surface area contributed by atoms with E-state index in [2.05, 4.69) is 14.7 Å². The fourth-order valence-corrected chi connectivity index (χ4v) is 0.562. The maximum atomic E-state index is 10.7. The van der Waals surface area contributed by atoms with Crippen LogP contribution in [0.5, 0.6) is 11.6 Å². The van der Waals surface area contributed by atoms with Gasteiger partial charge < -0.3 is 17.7 Å². The monoisotopic (exact) mass is 190 g/mol. The van der Waals surface area contributed by atoms with Crippen molar-refractivity contribution in [3.8, 4) is 11.6 Å². The Morgan fingerprint density at radius 1 is 1.67 bits per heavy atom. The van der Waals surface area contributed by atoms with Crippen LogP contribution in [0.15, 0.2) is 11.1 Å².